The van der Waals surface area contributed by atoms with Crippen LogP contribution < -0.4 is 9.80 Å². The van der Waals surface area contributed by atoms with Crippen molar-refractivity contribution in [2.45, 2.75) is 31.8 Å². The zero-order chi connectivity index (χ0) is 28.2. The molecule has 5 rings (SSSR count). The van der Waals surface area contributed by atoms with Gasteiger partial charge in [-0.1, -0.05) is 24.4 Å². The predicted molar refractivity (Wildman–Crippen MR) is 146 cm³/mol. The third-order valence-electron chi connectivity index (χ3n) is 7.08. The summed E-state index contributed by atoms with van der Waals surface area (Å²) in [4.78, 5) is 67.8. The van der Waals surface area contributed by atoms with E-state index < -0.39 is 36.6 Å². The molecule has 1 atom stereocenters. The molecule has 1 saturated carbocycles. The van der Waals surface area contributed by atoms with Crippen LogP contribution in [0.5, 0.6) is 0 Å². The molecule has 1 aromatic carbocycles. The average Bonchev–Trinajstić information content (AvgIpc) is 3.72. The van der Waals surface area contributed by atoms with Crippen LogP contribution in [0, 0.1) is 5.92 Å². The summed E-state index contributed by atoms with van der Waals surface area (Å²) in [6.45, 7) is 0.170. The topological polar surface area (TPSA) is 123 Å². The first-order valence-corrected chi connectivity index (χ1v) is 14.2. The SMILES string of the molecule is O=C(OCC(=O)N(C[C@H]1CN(c2ccc(N3CCOCC3=O)cc2)C(=O)O1)C(=O)c1ccc(Cl)s1)C1CCCC1. The Balaban J connectivity index is 1.26. The van der Waals surface area contributed by atoms with E-state index in [-0.39, 0.29) is 36.4 Å². The molecule has 13 heteroatoms. The van der Waals surface area contributed by atoms with Gasteiger partial charge in [0.1, 0.15) is 12.7 Å². The standard InChI is InChI=1S/C27H28ClN3O8S/c28-22-10-9-21(40-22)25(34)31(24(33)16-38-26(35)17-3-1-2-4-17)14-20-13-30(27(36)39-20)19-7-5-18(6-8-19)29-11-12-37-15-23(29)32/h5-10,17,20H,1-4,11-16H2/t20-/m1/s1. The van der Waals surface area contributed by atoms with E-state index in [2.05, 4.69) is 0 Å². The van der Waals surface area contributed by atoms with Crippen molar-refractivity contribution in [2.75, 3.05) is 49.3 Å². The number of esters is 1. The van der Waals surface area contributed by atoms with Gasteiger partial charge in [0.15, 0.2) is 6.61 Å². The largest absolute Gasteiger partial charge is 0.455 e. The van der Waals surface area contributed by atoms with Crippen molar-refractivity contribution in [1.82, 2.24) is 4.90 Å². The molecule has 40 heavy (non-hydrogen) atoms. The van der Waals surface area contributed by atoms with E-state index >= 15 is 0 Å². The Morgan fingerprint density at radius 2 is 1.73 bits per heavy atom. The highest BCUT2D eigenvalue weighted by atomic mass is 35.5. The summed E-state index contributed by atoms with van der Waals surface area (Å²) < 4.78 is 16.3. The van der Waals surface area contributed by atoms with Crippen LogP contribution in [0.15, 0.2) is 36.4 Å². The van der Waals surface area contributed by atoms with Crippen molar-refractivity contribution in [3.8, 4) is 0 Å². The Bertz CT molecular complexity index is 1290. The van der Waals surface area contributed by atoms with Crippen molar-refractivity contribution in [3.05, 3.63) is 45.6 Å². The summed E-state index contributed by atoms with van der Waals surface area (Å²) in [6.07, 6.45) is 1.88. The quantitative estimate of drug-likeness (QED) is 0.429. The van der Waals surface area contributed by atoms with Gasteiger partial charge in [0.2, 0.25) is 0 Å². The minimum Gasteiger partial charge on any atom is -0.455 e. The molecule has 2 aromatic rings. The Hall–Kier alpha value is -3.48. The molecular formula is C27H28ClN3O8S. The van der Waals surface area contributed by atoms with Crippen molar-refractivity contribution in [3.63, 3.8) is 0 Å². The highest BCUT2D eigenvalue weighted by Gasteiger charge is 2.37. The molecule has 1 aliphatic carbocycles. The minimum atomic E-state index is -0.818. The minimum absolute atomic E-state index is 0.0211. The summed E-state index contributed by atoms with van der Waals surface area (Å²) in [7, 11) is 0. The number of nitrogens with zero attached hydrogens (tertiary/aromatic N) is 3. The van der Waals surface area contributed by atoms with Gasteiger partial charge >= 0.3 is 12.1 Å². The van der Waals surface area contributed by atoms with Crippen LogP contribution in [0.1, 0.15) is 35.4 Å². The van der Waals surface area contributed by atoms with Gasteiger partial charge in [-0.25, -0.2) is 4.79 Å². The molecule has 1 aromatic heterocycles. The van der Waals surface area contributed by atoms with Gasteiger partial charge in [-0.3, -0.25) is 29.0 Å². The van der Waals surface area contributed by atoms with Gasteiger partial charge in [-0.15, -0.1) is 11.3 Å². The number of ether oxygens (including phenoxy) is 3. The van der Waals surface area contributed by atoms with Gasteiger partial charge in [0.05, 0.1) is 34.8 Å². The van der Waals surface area contributed by atoms with Gasteiger partial charge in [-0.05, 0) is 49.2 Å². The first kappa shape index (κ1) is 28.1. The van der Waals surface area contributed by atoms with E-state index in [4.69, 9.17) is 25.8 Å². The second-order valence-corrected chi connectivity index (χ2v) is 11.4. The summed E-state index contributed by atoms with van der Waals surface area (Å²) in [5.74, 6) is -2.15. The van der Waals surface area contributed by atoms with Crippen molar-refractivity contribution < 1.29 is 38.2 Å². The third-order valence-corrected chi connectivity index (χ3v) is 8.29. The van der Waals surface area contributed by atoms with Crippen molar-refractivity contribution in [1.29, 1.82) is 0 Å². The van der Waals surface area contributed by atoms with Crippen LogP contribution in [0.3, 0.4) is 0 Å². The molecule has 0 radical (unpaired) electrons. The maximum absolute atomic E-state index is 13.3. The number of morpholine rings is 1. The lowest BCUT2D eigenvalue weighted by atomic mass is 10.1. The molecule has 2 aliphatic heterocycles. The zero-order valence-electron chi connectivity index (χ0n) is 21.6. The van der Waals surface area contributed by atoms with Crippen molar-refractivity contribution in [2.24, 2.45) is 5.92 Å². The number of carbonyl (C=O) groups is 5. The fourth-order valence-corrected chi connectivity index (χ4v) is 5.98. The van der Waals surface area contributed by atoms with E-state index in [9.17, 15) is 24.0 Å². The fourth-order valence-electron chi connectivity index (χ4n) is 4.99. The molecule has 0 spiro atoms. The predicted octanol–water partition coefficient (Wildman–Crippen LogP) is 3.49. The van der Waals surface area contributed by atoms with Crippen LogP contribution in [0.25, 0.3) is 0 Å². The zero-order valence-corrected chi connectivity index (χ0v) is 23.2. The Kier molecular flexibility index (Phi) is 8.67. The van der Waals surface area contributed by atoms with E-state index in [1.165, 1.54) is 11.0 Å². The van der Waals surface area contributed by atoms with Gasteiger partial charge in [0, 0.05) is 17.9 Å². The number of rotatable bonds is 8. The van der Waals surface area contributed by atoms with Gasteiger partial charge in [-0.2, -0.15) is 0 Å². The lowest BCUT2D eigenvalue weighted by Crippen LogP contribution is -2.45. The number of hydrogen-bond acceptors (Lipinski definition) is 9. The molecule has 3 fully saturated rings. The Morgan fingerprint density at radius 3 is 2.38 bits per heavy atom. The summed E-state index contributed by atoms with van der Waals surface area (Å²) in [6, 6.07) is 9.93. The second-order valence-electron chi connectivity index (χ2n) is 9.73. The summed E-state index contributed by atoms with van der Waals surface area (Å²) >= 11 is 7.01. The van der Waals surface area contributed by atoms with Crippen LogP contribution in [0.2, 0.25) is 4.34 Å². The van der Waals surface area contributed by atoms with Gasteiger partial charge < -0.3 is 19.1 Å². The summed E-state index contributed by atoms with van der Waals surface area (Å²) in [5, 5.41) is 0. The molecule has 3 heterocycles. The number of cyclic esters (lactones) is 1. The number of amides is 4. The van der Waals surface area contributed by atoms with Crippen LogP contribution in [-0.4, -0.2) is 80.2 Å². The van der Waals surface area contributed by atoms with Gasteiger partial charge in [0.25, 0.3) is 17.7 Å². The maximum atomic E-state index is 13.3. The van der Waals surface area contributed by atoms with E-state index in [0.29, 0.717) is 28.9 Å². The second kappa shape index (κ2) is 12.4. The number of imide groups is 1. The molecule has 0 unspecified atom stereocenters. The number of thiophene rings is 1. The number of hydrogen-bond donors (Lipinski definition) is 0. The smallest absolute Gasteiger partial charge is 0.414 e. The first-order valence-electron chi connectivity index (χ1n) is 13.0. The Morgan fingerprint density at radius 1 is 1.02 bits per heavy atom. The van der Waals surface area contributed by atoms with Crippen molar-refractivity contribution >= 4 is 64.1 Å². The molecule has 0 bridgehead atoms. The maximum Gasteiger partial charge on any atom is 0.414 e. The molecule has 4 amide bonds. The molecule has 212 valence electrons. The average molecular weight is 590 g/mol. The number of carbonyl (C=O) groups excluding carboxylic acids is 5. The van der Waals surface area contributed by atoms with Crippen LogP contribution in [-0.2, 0) is 28.6 Å². The molecule has 2 saturated heterocycles. The molecule has 11 nitrogen and oxygen atoms in total. The monoisotopic (exact) mass is 589 g/mol. The highest BCUT2D eigenvalue weighted by molar-refractivity contribution is 7.18. The molecule has 0 N–H and O–H groups in total. The number of halogens is 1. The van der Waals surface area contributed by atoms with E-state index in [1.807, 2.05) is 0 Å². The lowest BCUT2D eigenvalue weighted by Gasteiger charge is -2.27. The summed E-state index contributed by atoms with van der Waals surface area (Å²) in [5.41, 5.74) is 1.22. The Labute approximate surface area is 239 Å². The third kappa shape index (κ3) is 6.29. The lowest BCUT2D eigenvalue weighted by molar-refractivity contribution is -0.154. The molecule has 3 aliphatic rings. The normalized spacial score (nSPS) is 19.6. The first-order chi connectivity index (χ1) is 19.3. The molecular weight excluding hydrogens is 562 g/mol. The van der Waals surface area contributed by atoms with Crippen LogP contribution in [0.4, 0.5) is 16.2 Å². The highest BCUT2D eigenvalue weighted by Crippen LogP contribution is 2.28. The number of benzene rings is 1. The van der Waals surface area contributed by atoms with E-state index in [1.54, 1.807) is 35.2 Å². The fraction of sp³-hybridized carbons (Fsp3) is 0.444. The van der Waals surface area contributed by atoms with E-state index in [0.717, 1.165) is 41.9 Å². The van der Waals surface area contributed by atoms with Crippen LogP contribution >= 0.6 is 22.9 Å². The number of anilines is 2.